The average molecular weight is 253 g/mol. The Morgan fingerprint density at radius 3 is 2.56 bits per heavy atom. The summed E-state index contributed by atoms with van der Waals surface area (Å²) >= 11 is 7.81. The van der Waals surface area contributed by atoms with Crippen molar-refractivity contribution < 1.29 is 0 Å². The third-order valence-electron chi connectivity index (χ3n) is 2.58. The Hall–Kier alpha value is -0.930. The molecule has 0 atom stereocenters. The summed E-state index contributed by atoms with van der Waals surface area (Å²) in [6, 6.07) is 2.07. The molecule has 2 aromatic rings. The highest BCUT2D eigenvalue weighted by molar-refractivity contribution is 7.13. The van der Waals surface area contributed by atoms with E-state index < -0.39 is 0 Å². The number of aromatic nitrogens is 2. The summed E-state index contributed by atoms with van der Waals surface area (Å²) in [5.41, 5.74) is 3.22. The first-order chi connectivity index (χ1) is 7.63. The maximum absolute atomic E-state index is 6.16. The molecule has 0 bridgehead atoms. The van der Waals surface area contributed by atoms with E-state index in [9.17, 15) is 0 Å². The van der Waals surface area contributed by atoms with Gasteiger partial charge in [-0.1, -0.05) is 18.5 Å². The van der Waals surface area contributed by atoms with Crippen LogP contribution in [0.1, 0.15) is 23.7 Å². The van der Waals surface area contributed by atoms with Crippen LogP contribution in [-0.2, 0) is 6.42 Å². The van der Waals surface area contributed by atoms with Crippen LogP contribution < -0.4 is 0 Å². The second-order valence-corrected chi connectivity index (χ2v) is 4.96. The molecule has 0 N–H and O–H groups in total. The third-order valence-corrected chi connectivity index (χ3v) is 3.91. The summed E-state index contributed by atoms with van der Waals surface area (Å²) in [4.78, 5) is 10.0. The molecule has 0 aliphatic heterocycles. The van der Waals surface area contributed by atoms with Crippen LogP contribution in [0, 0.1) is 13.8 Å². The zero-order valence-corrected chi connectivity index (χ0v) is 11.1. The number of halogens is 1. The van der Waals surface area contributed by atoms with Gasteiger partial charge in [0.15, 0.2) is 5.82 Å². The number of rotatable bonds is 2. The molecule has 2 rings (SSSR count). The molecule has 2 heterocycles. The molecule has 0 saturated heterocycles. The number of hydrogen-bond donors (Lipinski definition) is 0. The molecule has 0 amide bonds. The van der Waals surface area contributed by atoms with Crippen LogP contribution in [0.25, 0.3) is 10.7 Å². The fourth-order valence-electron chi connectivity index (χ4n) is 1.67. The first-order valence-corrected chi connectivity index (χ1v) is 6.46. The lowest BCUT2D eigenvalue weighted by molar-refractivity contribution is 1.00. The summed E-state index contributed by atoms with van der Waals surface area (Å²) in [5, 5.41) is 2.63. The second kappa shape index (κ2) is 4.52. The largest absolute Gasteiger partial charge is 0.232 e. The van der Waals surface area contributed by atoms with Gasteiger partial charge < -0.3 is 0 Å². The van der Waals surface area contributed by atoms with Gasteiger partial charge in [0.1, 0.15) is 5.15 Å². The van der Waals surface area contributed by atoms with Crippen LogP contribution in [-0.4, -0.2) is 9.97 Å². The maximum Gasteiger partial charge on any atom is 0.171 e. The molecule has 2 aromatic heterocycles. The molecule has 0 unspecified atom stereocenters. The van der Waals surface area contributed by atoms with Gasteiger partial charge in [-0.2, -0.15) is 0 Å². The molecular formula is C12H13ClN2S. The van der Waals surface area contributed by atoms with Crippen LogP contribution in [0.2, 0.25) is 5.15 Å². The Labute approximate surface area is 104 Å². The smallest absolute Gasteiger partial charge is 0.171 e. The molecule has 0 aliphatic rings. The molecule has 2 nitrogen and oxygen atoms in total. The lowest BCUT2D eigenvalue weighted by atomic mass is 10.2. The topological polar surface area (TPSA) is 25.8 Å². The van der Waals surface area contributed by atoms with Crippen LogP contribution >= 0.6 is 22.9 Å². The fraction of sp³-hybridized carbons (Fsp3) is 0.333. The highest BCUT2D eigenvalue weighted by Crippen LogP contribution is 2.28. The van der Waals surface area contributed by atoms with Crippen LogP contribution in [0.5, 0.6) is 0 Å². The first-order valence-electron chi connectivity index (χ1n) is 5.21. The van der Waals surface area contributed by atoms with Gasteiger partial charge in [0.2, 0.25) is 0 Å². The van der Waals surface area contributed by atoms with Gasteiger partial charge in [0.25, 0.3) is 0 Å². The minimum atomic E-state index is 0.581. The zero-order valence-electron chi connectivity index (χ0n) is 9.54. The van der Waals surface area contributed by atoms with E-state index in [1.807, 2.05) is 12.3 Å². The van der Waals surface area contributed by atoms with E-state index >= 15 is 0 Å². The van der Waals surface area contributed by atoms with Crippen molar-refractivity contribution in [1.29, 1.82) is 0 Å². The quantitative estimate of drug-likeness (QED) is 0.754. The first kappa shape index (κ1) is 11.6. The van der Waals surface area contributed by atoms with Crippen molar-refractivity contribution in [3.05, 3.63) is 33.4 Å². The second-order valence-electron chi connectivity index (χ2n) is 3.69. The molecule has 16 heavy (non-hydrogen) atoms. The van der Waals surface area contributed by atoms with Gasteiger partial charge in [0.05, 0.1) is 4.88 Å². The van der Waals surface area contributed by atoms with Crippen molar-refractivity contribution >= 4 is 22.9 Å². The summed E-state index contributed by atoms with van der Waals surface area (Å²) in [5.74, 6) is 0.743. The highest BCUT2D eigenvalue weighted by Gasteiger charge is 2.12. The van der Waals surface area contributed by atoms with Gasteiger partial charge >= 0.3 is 0 Å². The monoisotopic (exact) mass is 252 g/mol. The molecule has 4 heteroatoms. The fourth-order valence-corrected chi connectivity index (χ4v) is 2.88. The van der Waals surface area contributed by atoms with E-state index in [-0.39, 0.29) is 0 Å². The predicted octanol–water partition coefficient (Wildman–Crippen LogP) is 4.04. The summed E-state index contributed by atoms with van der Waals surface area (Å²) in [6.07, 6.45) is 0.869. The molecule has 0 aliphatic carbocycles. The number of aryl methyl sites for hydroxylation is 2. The molecule has 0 aromatic carbocycles. The Kier molecular flexibility index (Phi) is 3.26. The number of nitrogens with zero attached hydrogens (tertiary/aromatic N) is 2. The van der Waals surface area contributed by atoms with Gasteiger partial charge in [0, 0.05) is 11.3 Å². The summed E-state index contributed by atoms with van der Waals surface area (Å²) in [6.45, 7) is 6.11. The Morgan fingerprint density at radius 1 is 1.31 bits per heavy atom. The van der Waals surface area contributed by atoms with Crippen molar-refractivity contribution in [1.82, 2.24) is 9.97 Å². The Balaban J connectivity index is 2.57. The lowest BCUT2D eigenvalue weighted by Gasteiger charge is -2.07. The standard InChI is InChI=1S/C12H13ClN2S/c1-4-9-8(3)14-12(15-11(9)13)10-7(2)5-6-16-10/h5-6H,4H2,1-3H3. The zero-order chi connectivity index (χ0) is 11.7. The minimum Gasteiger partial charge on any atom is -0.232 e. The van der Waals surface area contributed by atoms with Gasteiger partial charge in [-0.15, -0.1) is 11.3 Å². The molecule has 0 saturated carbocycles. The molecule has 0 radical (unpaired) electrons. The minimum absolute atomic E-state index is 0.581. The van der Waals surface area contributed by atoms with Crippen molar-refractivity contribution in [3.8, 4) is 10.7 Å². The van der Waals surface area contributed by atoms with E-state index in [4.69, 9.17) is 11.6 Å². The van der Waals surface area contributed by atoms with E-state index in [0.717, 1.165) is 28.4 Å². The third kappa shape index (κ3) is 1.97. The van der Waals surface area contributed by atoms with Crippen molar-refractivity contribution in [2.75, 3.05) is 0 Å². The van der Waals surface area contributed by atoms with Gasteiger partial charge in [-0.25, -0.2) is 9.97 Å². The van der Waals surface area contributed by atoms with Crippen LogP contribution in [0.4, 0.5) is 0 Å². The SMILES string of the molecule is CCc1c(C)nc(-c2sccc2C)nc1Cl. The van der Waals surface area contributed by atoms with E-state index in [1.165, 1.54) is 5.56 Å². The average Bonchev–Trinajstić information content (AvgIpc) is 2.64. The van der Waals surface area contributed by atoms with Crippen molar-refractivity contribution in [3.63, 3.8) is 0 Å². The maximum atomic E-state index is 6.16. The van der Waals surface area contributed by atoms with E-state index in [2.05, 4.69) is 29.9 Å². The molecule has 84 valence electrons. The predicted molar refractivity (Wildman–Crippen MR) is 69.2 cm³/mol. The van der Waals surface area contributed by atoms with Crippen LogP contribution in [0.3, 0.4) is 0 Å². The molecule has 0 fully saturated rings. The van der Waals surface area contributed by atoms with Crippen molar-refractivity contribution in [2.45, 2.75) is 27.2 Å². The molecule has 0 spiro atoms. The number of hydrogen-bond acceptors (Lipinski definition) is 3. The number of thiophene rings is 1. The van der Waals surface area contributed by atoms with E-state index in [1.54, 1.807) is 11.3 Å². The van der Waals surface area contributed by atoms with Gasteiger partial charge in [-0.05, 0) is 37.3 Å². The van der Waals surface area contributed by atoms with Gasteiger partial charge in [-0.3, -0.25) is 0 Å². The van der Waals surface area contributed by atoms with Crippen LogP contribution in [0.15, 0.2) is 11.4 Å². The lowest BCUT2D eigenvalue weighted by Crippen LogP contribution is -1.98. The Morgan fingerprint density at radius 2 is 2.06 bits per heavy atom. The van der Waals surface area contributed by atoms with Crippen molar-refractivity contribution in [2.24, 2.45) is 0 Å². The summed E-state index contributed by atoms with van der Waals surface area (Å²) < 4.78 is 0. The highest BCUT2D eigenvalue weighted by atomic mass is 35.5. The Bertz CT molecular complexity index is 496. The normalized spacial score (nSPS) is 10.8. The molecular weight excluding hydrogens is 240 g/mol. The van der Waals surface area contributed by atoms with E-state index in [0.29, 0.717) is 5.15 Å². The summed E-state index contributed by atoms with van der Waals surface area (Å²) in [7, 11) is 0.